The Kier molecular flexibility index (Phi) is 4.33. The average Bonchev–Trinajstić information content (AvgIpc) is 2.86. The van der Waals surface area contributed by atoms with Crippen LogP contribution in [0.4, 0.5) is 4.79 Å². The molecule has 2 aromatic carbocycles. The van der Waals surface area contributed by atoms with E-state index in [4.69, 9.17) is 11.6 Å². The van der Waals surface area contributed by atoms with Gasteiger partial charge in [0, 0.05) is 5.02 Å². The van der Waals surface area contributed by atoms with Crippen LogP contribution in [0, 0.1) is 0 Å². The topological polar surface area (TPSA) is 49.4 Å². The number of carbonyl (C=O) groups is 2. The van der Waals surface area contributed by atoms with Crippen LogP contribution in [0.3, 0.4) is 0 Å². The van der Waals surface area contributed by atoms with Crippen molar-refractivity contribution in [2.45, 2.75) is 31.8 Å². The van der Waals surface area contributed by atoms with E-state index < -0.39 is 17.6 Å². The lowest BCUT2D eigenvalue weighted by Gasteiger charge is -2.27. The predicted molar refractivity (Wildman–Crippen MR) is 93.7 cm³/mol. The first-order chi connectivity index (χ1) is 11.5. The van der Waals surface area contributed by atoms with Crippen molar-refractivity contribution in [1.82, 2.24) is 10.2 Å². The van der Waals surface area contributed by atoms with E-state index in [1.165, 1.54) is 4.90 Å². The second-order valence-electron chi connectivity index (χ2n) is 5.93. The molecule has 1 heterocycles. The number of nitrogens with one attached hydrogen (secondary N) is 1. The van der Waals surface area contributed by atoms with Crippen molar-refractivity contribution in [3.63, 3.8) is 0 Å². The molecule has 4 nitrogen and oxygen atoms in total. The summed E-state index contributed by atoms with van der Waals surface area (Å²) in [5, 5.41) is 3.44. The minimum absolute atomic E-state index is 0.242. The molecule has 0 unspecified atom stereocenters. The maximum absolute atomic E-state index is 13.2. The number of carbonyl (C=O) groups excluding carboxylic acids is 2. The Balaban J connectivity index is 2.02. The molecule has 2 aromatic rings. The van der Waals surface area contributed by atoms with Gasteiger partial charge in [-0.3, -0.25) is 9.69 Å². The fraction of sp³-hybridized carbons (Fsp3) is 0.263. The molecule has 1 aliphatic rings. The summed E-state index contributed by atoms with van der Waals surface area (Å²) in [5.74, 6) is -0.242. The summed E-state index contributed by atoms with van der Waals surface area (Å²) >= 11 is 6.25. The fourth-order valence-corrected chi connectivity index (χ4v) is 3.55. The molecule has 0 saturated carbocycles. The third-order valence-corrected chi connectivity index (χ3v) is 5.01. The molecule has 1 aliphatic heterocycles. The third kappa shape index (κ3) is 2.47. The van der Waals surface area contributed by atoms with Gasteiger partial charge < -0.3 is 5.32 Å². The number of amides is 3. The van der Waals surface area contributed by atoms with Crippen LogP contribution in [-0.2, 0) is 10.3 Å². The zero-order valence-electron chi connectivity index (χ0n) is 13.6. The quantitative estimate of drug-likeness (QED) is 0.844. The maximum atomic E-state index is 13.2. The van der Waals surface area contributed by atoms with Gasteiger partial charge in [0.25, 0.3) is 5.91 Å². The molecular weight excluding hydrogens is 324 g/mol. The highest BCUT2D eigenvalue weighted by molar-refractivity contribution is 6.31. The van der Waals surface area contributed by atoms with Crippen molar-refractivity contribution in [2.75, 3.05) is 0 Å². The molecule has 0 bridgehead atoms. The molecule has 5 heteroatoms. The molecule has 24 heavy (non-hydrogen) atoms. The van der Waals surface area contributed by atoms with Gasteiger partial charge in [0.1, 0.15) is 5.54 Å². The molecule has 124 valence electrons. The van der Waals surface area contributed by atoms with Gasteiger partial charge in [0.15, 0.2) is 0 Å². The lowest BCUT2D eigenvalue weighted by atomic mass is 9.87. The Bertz CT molecular complexity index is 778. The number of hydrogen-bond donors (Lipinski definition) is 1. The van der Waals surface area contributed by atoms with Crippen molar-refractivity contribution < 1.29 is 9.59 Å². The molecule has 0 radical (unpaired) electrons. The van der Waals surface area contributed by atoms with E-state index >= 15 is 0 Å². The smallest absolute Gasteiger partial charge is 0.319 e. The van der Waals surface area contributed by atoms with E-state index in [1.54, 1.807) is 6.07 Å². The van der Waals surface area contributed by atoms with Crippen LogP contribution in [0.15, 0.2) is 54.6 Å². The zero-order chi connectivity index (χ0) is 17.3. The lowest BCUT2D eigenvalue weighted by molar-refractivity contribution is -0.133. The highest BCUT2D eigenvalue weighted by Crippen LogP contribution is 2.37. The molecule has 0 spiro atoms. The normalized spacial score (nSPS) is 21.7. The van der Waals surface area contributed by atoms with E-state index in [2.05, 4.69) is 5.32 Å². The number of imide groups is 1. The highest BCUT2D eigenvalue weighted by Gasteiger charge is 2.52. The van der Waals surface area contributed by atoms with Crippen molar-refractivity contribution in [3.8, 4) is 0 Å². The summed E-state index contributed by atoms with van der Waals surface area (Å²) in [5.41, 5.74) is 0.524. The molecule has 1 fully saturated rings. The summed E-state index contributed by atoms with van der Waals surface area (Å²) in [6.45, 7) is 3.71. The molecule has 0 aliphatic carbocycles. The number of urea groups is 1. The molecule has 3 rings (SSSR count). The van der Waals surface area contributed by atoms with Gasteiger partial charge in [0.2, 0.25) is 0 Å². The van der Waals surface area contributed by atoms with Crippen LogP contribution in [0.5, 0.6) is 0 Å². The lowest BCUT2D eigenvalue weighted by Crippen LogP contribution is -2.43. The van der Waals surface area contributed by atoms with Gasteiger partial charge in [-0.15, -0.1) is 0 Å². The Morgan fingerprint density at radius 3 is 2.33 bits per heavy atom. The van der Waals surface area contributed by atoms with Gasteiger partial charge in [0.05, 0.1) is 6.04 Å². The Morgan fingerprint density at radius 1 is 1.08 bits per heavy atom. The summed E-state index contributed by atoms with van der Waals surface area (Å²) in [6, 6.07) is 15.8. The van der Waals surface area contributed by atoms with Crippen molar-refractivity contribution in [3.05, 3.63) is 70.7 Å². The number of halogens is 1. The van der Waals surface area contributed by atoms with E-state index in [-0.39, 0.29) is 5.91 Å². The Labute approximate surface area is 146 Å². The molecule has 1 N–H and O–H groups in total. The van der Waals surface area contributed by atoms with Gasteiger partial charge in [-0.1, -0.05) is 67.1 Å². The standard InChI is InChI=1S/C19H19ClN2O2/c1-3-19(14-9-5-4-6-10-14)17(23)22(18(24)21-19)13(2)15-11-7-8-12-16(15)20/h4-13H,3H2,1-2H3,(H,21,24)/t13-,19-/m1/s1. The number of benzene rings is 2. The van der Waals surface area contributed by atoms with E-state index in [9.17, 15) is 9.59 Å². The first kappa shape index (κ1) is 16.5. The summed E-state index contributed by atoms with van der Waals surface area (Å²) in [7, 11) is 0. The first-order valence-electron chi connectivity index (χ1n) is 7.97. The van der Waals surface area contributed by atoms with Gasteiger partial charge in [-0.25, -0.2) is 4.79 Å². The molecule has 2 atom stereocenters. The van der Waals surface area contributed by atoms with Crippen LogP contribution in [0.1, 0.15) is 37.4 Å². The largest absolute Gasteiger partial charge is 0.325 e. The zero-order valence-corrected chi connectivity index (χ0v) is 14.4. The van der Waals surface area contributed by atoms with Gasteiger partial charge in [-0.2, -0.15) is 0 Å². The average molecular weight is 343 g/mol. The maximum Gasteiger partial charge on any atom is 0.325 e. The first-order valence-corrected chi connectivity index (χ1v) is 8.35. The van der Waals surface area contributed by atoms with Gasteiger partial charge in [-0.05, 0) is 30.5 Å². The van der Waals surface area contributed by atoms with Crippen LogP contribution >= 0.6 is 11.6 Å². The Morgan fingerprint density at radius 2 is 1.71 bits per heavy atom. The molecule has 1 saturated heterocycles. The predicted octanol–water partition coefficient (Wildman–Crippen LogP) is 4.26. The summed E-state index contributed by atoms with van der Waals surface area (Å²) in [4.78, 5) is 27.1. The summed E-state index contributed by atoms with van der Waals surface area (Å²) in [6.07, 6.45) is 0.479. The van der Waals surface area contributed by atoms with Crippen LogP contribution in [0.25, 0.3) is 0 Å². The van der Waals surface area contributed by atoms with Crippen LogP contribution < -0.4 is 5.32 Å². The van der Waals surface area contributed by atoms with Crippen LogP contribution in [0.2, 0.25) is 5.02 Å². The minimum Gasteiger partial charge on any atom is -0.319 e. The second-order valence-corrected chi connectivity index (χ2v) is 6.33. The number of rotatable bonds is 4. The highest BCUT2D eigenvalue weighted by atomic mass is 35.5. The van der Waals surface area contributed by atoms with Gasteiger partial charge >= 0.3 is 6.03 Å². The monoisotopic (exact) mass is 342 g/mol. The van der Waals surface area contributed by atoms with Crippen molar-refractivity contribution in [2.24, 2.45) is 0 Å². The minimum atomic E-state index is -1.02. The second kappa shape index (κ2) is 6.29. The summed E-state index contributed by atoms with van der Waals surface area (Å²) < 4.78 is 0. The fourth-order valence-electron chi connectivity index (χ4n) is 3.26. The third-order valence-electron chi connectivity index (χ3n) is 4.66. The number of hydrogen-bond acceptors (Lipinski definition) is 2. The molecular formula is C19H19ClN2O2. The van der Waals surface area contributed by atoms with E-state index in [1.807, 2.05) is 62.4 Å². The van der Waals surface area contributed by atoms with E-state index in [0.717, 1.165) is 11.1 Å². The van der Waals surface area contributed by atoms with Crippen molar-refractivity contribution in [1.29, 1.82) is 0 Å². The van der Waals surface area contributed by atoms with Crippen LogP contribution in [-0.4, -0.2) is 16.8 Å². The SMILES string of the molecule is CC[C@]1(c2ccccc2)NC(=O)N([C@H](C)c2ccccc2Cl)C1=O. The van der Waals surface area contributed by atoms with E-state index in [0.29, 0.717) is 11.4 Å². The Hall–Kier alpha value is -2.33. The number of nitrogens with zero attached hydrogens (tertiary/aromatic N) is 1. The molecule has 0 aromatic heterocycles. The molecule has 3 amide bonds. The van der Waals surface area contributed by atoms with Crippen molar-refractivity contribution >= 4 is 23.5 Å².